The summed E-state index contributed by atoms with van der Waals surface area (Å²) >= 11 is 0. The third kappa shape index (κ3) is 2.76. The second-order valence-corrected chi connectivity index (χ2v) is 7.08. The molecule has 0 fully saturated rings. The average Bonchev–Trinajstić information content (AvgIpc) is 3.21. The minimum atomic E-state index is -0.400. The van der Waals surface area contributed by atoms with Crippen LogP contribution in [0.4, 0.5) is 0 Å². The molecule has 1 aliphatic heterocycles. The van der Waals surface area contributed by atoms with Crippen LogP contribution >= 0.6 is 0 Å². The summed E-state index contributed by atoms with van der Waals surface area (Å²) < 4.78 is 11.1. The van der Waals surface area contributed by atoms with E-state index in [-0.39, 0.29) is 5.88 Å². The van der Waals surface area contributed by atoms with Gasteiger partial charge in [0.2, 0.25) is 11.8 Å². The van der Waals surface area contributed by atoms with Crippen molar-refractivity contribution in [3.05, 3.63) is 89.3 Å². The highest BCUT2D eigenvalue weighted by Gasteiger charge is 2.35. The molecular weight excluding hydrogens is 376 g/mol. The lowest BCUT2D eigenvalue weighted by Gasteiger charge is -2.24. The number of nitrogens with one attached hydrogen (secondary N) is 1. The number of rotatable bonds is 3. The molecule has 2 heterocycles. The lowest BCUT2D eigenvalue weighted by molar-refractivity contribution is 0.379. The number of benzene rings is 3. The van der Waals surface area contributed by atoms with Gasteiger partial charge in [-0.1, -0.05) is 54.6 Å². The van der Waals surface area contributed by atoms with Gasteiger partial charge in [0.25, 0.3) is 0 Å². The van der Waals surface area contributed by atoms with Gasteiger partial charge >= 0.3 is 0 Å². The molecule has 0 radical (unpaired) electrons. The molecule has 30 heavy (non-hydrogen) atoms. The van der Waals surface area contributed by atoms with Crippen molar-refractivity contribution in [2.75, 3.05) is 7.11 Å². The van der Waals surface area contributed by atoms with Gasteiger partial charge in [-0.3, -0.25) is 5.10 Å². The molecule has 3 N–H and O–H groups in total. The van der Waals surface area contributed by atoms with E-state index in [9.17, 15) is 5.26 Å². The van der Waals surface area contributed by atoms with Gasteiger partial charge in [0.05, 0.1) is 24.3 Å². The van der Waals surface area contributed by atoms with Crippen molar-refractivity contribution in [1.82, 2.24) is 10.2 Å². The van der Waals surface area contributed by atoms with E-state index in [0.29, 0.717) is 11.5 Å². The molecule has 0 bridgehead atoms. The molecule has 0 saturated carbocycles. The van der Waals surface area contributed by atoms with Gasteiger partial charge in [-0.15, -0.1) is 5.10 Å². The second kappa shape index (κ2) is 6.98. The maximum absolute atomic E-state index is 9.89. The quantitative estimate of drug-likeness (QED) is 0.535. The molecule has 5 rings (SSSR count). The maximum Gasteiger partial charge on any atom is 0.244 e. The first-order valence-corrected chi connectivity index (χ1v) is 9.48. The fraction of sp³-hybridized carbons (Fsp3) is 0.0833. The summed E-state index contributed by atoms with van der Waals surface area (Å²) in [5, 5.41) is 19.5. The molecule has 6 nitrogen and oxygen atoms in total. The van der Waals surface area contributed by atoms with E-state index >= 15 is 0 Å². The Morgan fingerprint density at radius 3 is 2.70 bits per heavy atom. The van der Waals surface area contributed by atoms with E-state index in [4.69, 9.17) is 15.2 Å². The number of hydrogen-bond donors (Lipinski definition) is 2. The number of nitrogens with two attached hydrogens (primary N) is 1. The highest BCUT2D eigenvalue weighted by Crippen LogP contribution is 2.46. The molecule has 1 aromatic heterocycles. The van der Waals surface area contributed by atoms with Crippen LogP contribution in [0.5, 0.6) is 11.6 Å². The van der Waals surface area contributed by atoms with Gasteiger partial charge in [-0.2, -0.15) is 5.26 Å². The summed E-state index contributed by atoms with van der Waals surface area (Å²) in [5.41, 5.74) is 9.84. The highest BCUT2D eigenvalue weighted by molar-refractivity contribution is 5.84. The van der Waals surface area contributed by atoms with Crippen molar-refractivity contribution in [2.45, 2.75) is 5.92 Å². The monoisotopic (exact) mass is 394 g/mol. The Bertz CT molecular complexity index is 1350. The average molecular weight is 394 g/mol. The van der Waals surface area contributed by atoms with Gasteiger partial charge in [0.1, 0.15) is 17.4 Å². The Morgan fingerprint density at radius 1 is 1.07 bits per heavy atom. The van der Waals surface area contributed by atoms with Crippen molar-refractivity contribution in [3.63, 3.8) is 0 Å². The van der Waals surface area contributed by atoms with Gasteiger partial charge < -0.3 is 15.2 Å². The molecule has 0 saturated heterocycles. The van der Waals surface area contributed by atoms with Gasteiger partial charge in [-0.25, -0.2) is 0 Å². The van der Waals surface area contributed by atoms with Gasteiger partial charge in [0, 0.05) is 5.56 Å². The van der Waals surface area contributed by atoms with Gasteiger partial charge in [0.15, 0.2) is 0 Å². The van der Waals surface area contributed by atoms with E-state index < -0.39 is 5.92 Å². The normalized spacial score (nSPS) is 15.4. The van der Waals surface area contributed by atoms with Crippen molar-refractivity contribution in [2.24, 2.45) is 5.73 Å². The third-order valence-corrected chi connectivity index (χ3v) is 5.40. The van der Waals surface area contributed by atoms with Crippen LogP contribution in [0, 0.1) is 11.3 Å². The van der Waals surface area contributed by atoms with Crippen molar-refractivity contribution in [3.8, 4) is 29.0 Å². The van der Waals surface area contributed by atoms with Crippen LogP contribution in [0.15, 0.2) is 78.2 Å². The fourth-order valence-electron chi connectivity index (χ4n) is 3.96. The SMILES string of the molecule is COc1cccc(-c2[nH]nc3c2[C@@H](c2ccc4ccccc4c2)C(C#N)=C(N)O3)c1. The van der Waals surface area contributed by atoms with Gasteiger partial charge in [-0.05, 0) is 28.5 Å². The lowest BCUT2D eigenvalue weighted by atomic mass is 9.82. The lowest BCUT2D eigenvalue weighted by Crippen LogP contribution is -2.21. The maximum atomic E-state index is 9.89. The summed E-state index contributed by atoms with van der Waals surface area (Å²) in [6.07, 6.45) is 0. The van der Waals surface area contributed by atoms with E-state index in [1.807, 2.05) is 42.5 Å². The molecule has 146 valence electrons. The highest BCUT2D eigenvalue weighted by atomic mass is 16.5. The number of ether oxygens (including phenoxy) is 2. The summed E-state index contributed by atoms with van der Waals surface area (Å²) in [6, 6.07) is 24.2. The number of fused-ring (bicyclic) bond motifs is 2. The van der Waals surface area contributed by atoms with Crippen LogP contribution in [0.2, 0.25) is 0 Å². The minimum Gasteiger partial charge on any atom is -0.497 e. The second-order valence-electron chi connectivity index (χ2n) is 7.08. The van der Waals surface area contributed by atoms with Crippen LogP contribution in [0.1, 0.15) is 17.0 Å². The van der Waals surface area contributed by atoms with E-state index in [0.717, 1.165) is 38.9 Å². The predicted molar refractivity (Wildman–Crippen MR) is 114 cm³/mol. The zero-order valence-electron chi connectivity index (χ0n) is 16.2. The molecular formula is C24H18N4O2. The van der Waals surface area contributed by atoms with Crippen molar-refractivity contribution in [1.29, 1.82) is 5.26 Å². The van der Waals surface area contributed by atoms with Crippen LogP contribution < -0.4 is 15.2 Å². The summed E-state index contributed by atoms with van der Waals surface area (Å²) in [5.74, 6) is 0.781. The molecule has 0 aliphatic carbocycles. The van der Waals surface area contributed by atoms with Crippen LogP contribution in [0.25, 0.3) is 22.0 Å². The molecule has 1 aliphatic rings. The van der Waals surface area contributed by atoms with Crippen LogP contribution in [-0.4, -0.2) is 17.3 Å². The third-order valence-electron chi connectivity index (χ3n) is 5.40. The van der Waals surface area contributed by atoms with E-state index in [1.165, 1.54) is 0 Å². The smallest absolute Gasteiger partial charge is 0.244 e. The number of nitriles is 1. The van der Waals surface area contributed by atoms with Crippen molar-refractivity contribution < 1.29 is 9.47 Å². The number of allylic oxidation sites excluding steroid dienone is 1. The number of H-pyrrole nitrogens is 1. The van der Waals surface area contributed by atoms with E-state index in [2.05, 4.69) is 40.5 Å². The van der Waals surface area contributed by atoms with E-state index in [1.54, 1.807) is 7.11 Å². The molecule has 6 heteroatoms. The van der Waals surface area contributed by atoms with Crippen molar-refractivity contribution >= 4 is 10.8 Å². The topological polar surface area (TPSA) is 97.0 Å². The first kappa shape index (κ1) is 17.8. The number of methoxy groups -OCH3 is 1. The first-order valence-electron chi connectivity index (χ1n) is 9.48. The Labute approximate surface area is 173 Å². The fourth-order valence-corrected chi connectivity index (χ4v) is 3.96. The zero-order chi connectivity index (χ0) is 20.7. The Morgan fingerprint density at radius 2 is 1.90 bits per heavy atom. The Kier molecular flexibility index (Phi) is 4.15. The molecule has 1 atom stereocenters. The molecule has 3 aromatic carbocycles. The summed E-state index contributed by atoms with van der Waals surface area (Å²) in [7, 11) is 1.62. The number of hydrogen-bond acceptors (Lipinski definition) is 5. The molecule has 0 unspecified atom stereocenters. The Balaban J connectivity index is 1.74. The standard InChI is InChI=1S/C24H18N4O2/c1-29-18-8-4-7-17(12-18)22-21-20(19(13-25)23(26)30-24(21)28-27-22)16-10-9-14-5-2-3-6-15(14)11-16/h2-12,20H,26H2,1H3,(H,27,28)/t20-/m0/s1. The summed E-state index contributed by atoms with van der Waals surface area (Å²) in [4.78, 5) is 0. The molecule has 4 aromatic rings. The number of nitrogens with zero attached hydrogens (tertiary/aromatic N) is 2. The number of aromatic amines is 1. The molecule has 0 spiro atoms. The predicted octanol–water partition coefficient (Wildman–Crippen LogP) is 4.46. The number of aromatic nitrogens is 2. The van der Waals surface area contributed by atoms with Crippen LogP contribution in [-0.2, 0) is 0 Å². The zero-order valence-corrected chi connectivity index (χ0v) is 16.2. The largest absolute Gasteiger partial charge is 0.497 e. The Hall–Kier alpha value is -4.24. The van der Waals surface area contributed by atoms with Crippen LogP contribution in [0.3, 0.4) is 0 Å². The molecule has 0 amide bonds. The first-order chi connectivity index (χ1) is 14.7. The minimum absolute atomic E-state index is 0.0758. The summed E-state index contributed by atoms with van der Waals surface area (Å²) in [6.45, 7) is 0.